The molecular formula is C18H22FN5O2S. The van der Waals surface area contributed by atoms with Gasteiger partial charge in [-0.15, -0.1) is 10.2 Å². The average Bonchev–Trinajstić information content (AvgIpc) is 3.37. The second kappa shape index (κ2) is 8.51. The lowest BCUT2D eigenvalue weighted by Gasteiger charge is -2.10. The van der Waals surface area contributed by atoms with Gasteiger partial charge in [0.2, 0.25) is 11.8 Å². The Morgan fingerprint density at radius 2 is 2.00 bits per heavy atom. The number of hydrogen-bond acceptors (Lipinski definition) is 5. The number of carbonyl (C=O) groups is 2. The van der Waals surface area contributed by atoms with Gasteiger partial charge in [-0.05, 0) is 38.8 Å². The van der Waals surface area contributed by atoms with Crippen molar-refractivity contribution >= 4 is 23.6 Å². The van der Waals surface area contributed by atoms with Gasteiger partial charge in [0.05, 0.1) is 17.9 Å². The molecule has 9 heteroatoms. The van der Waals surface area contributed by atoms with Crippen LogP contribution in [0.1, 0.15) is 32.7 Å². The van der Waals surface area contributed by atoms with Crippen LogP contribution in [-0.4, -0.2) is 44.9 Å². The number of hydrogen-bond donors (Lipinski definition) is 2. The van der Waals surface area contributed by atoms with Crippen LogP contribution in [0.3, 0.4) is 0 Å². The lowest BCUT2D eigenvalue weighted by Crippen LogP contribution is -2.40. The lowest BCUT2D eigenvalue weighted by molar-refractivity contribution is -0.125. The van der Waals surface area contributed by atoms with E-state index in [1.165, 1.54) is 17.8 Å². The summed E-state index contributed by atoms with van der Waals surface area (Å²) in [5, 5.41) is 14.2. The van der Waals surface area contributed by atoms with Crippen molar-refractivity contribution in [1.82, 2.24) is 25.4 Å². The molecule has 7 nitrogen and oxygen atoms in total. The van der Waals surface area contributed by atoms with Crippen LogP contribution < -0.4 is 10.6 Å². The summed E-state index contributed by atoms with van der Waals surface area (Å²) in [7, 11) is 0. The van der Waals surface area contributed by atoms with Crippen LogP contribution in [0.25, 0.3) is 11.4 Å². The number of rotatable bonds is 8. The van der Waals surface area contributed by atoms with E-state index in [-0.39, 0.29) is 42.0 Å². The molecule has 1 aromatic carbocycles. The van der Waals surface area contributed by atoms with Crippen molar-refractivity contribution in [3.05, 3.63) is 30.1 Å². The van der Waals surface area contributed by atoms with Crippen LogP contribution in [0.4, 0.5) is 4.39 Å². The molecule has 2 aromatic rings. The van der Waals surface area contributed by atoms with E-state index in [1.807, 2.05) is 18.4 Å². The molecule has 3 rings (SSSR count). The summed E-state index contributed by atoms with van der Waals surface area (Å²) in [4.78, 5) is 23.6. The smallest absolute Gasteiger partial charge is 0.239 e. The van der Waals surface area contributed by atoms with Gasteiger partial charge in [-0.2, -0.15) is 0 Å². The monoisotopic (exact) mass is 391 g/mol. The first kappa shape index (κ1) is 19.3. The van der Waals surface area contributed by atoms with Crippen LogP contribution >= 0.6 is 11.8 Å². The van der Waals surface area contributed by atoms with E-state index in [9.17, 15) is 14.0 Å². The number of benzene rings is 1. The molecule has 1 aliphatic carbocycles. The van der Waals surface area contributed by atoms with Crippen molar-refractivity contribution in [3.8, 4) is 11.4 Å². The van der Waals surface area contributed by atoms with Gasteiger partial charge in [0.15, 0.2) is 11.0 Å². The highest BCUT2D eigenvalue weighted by atomic mass is 32.2. The molecule has 2 N–H and O–H groups in total. The van der Waals surface area contributed by atoms with Gasteiger partial charge in [-0.25, -0.2) is 4.39 Å². The molecule has 0 atom stereocenters. The van der Waals surface area contributed by atoms with Gasteiger partial charge in [-0.3, -0.25) is 14.2 Å². The molecule has 1 heterocycles. The number of carbonyl (C=O) groups excluding carboxylic acids is 2. The van der Waals surface area contributed by atoms with Crippen LogP contribution in [0.15, 0.2) is 29.4 Å². The number of nitrogens with one attached hydrogen (secondary N) is 2. The van der Waals surface area contributed by atoms with Gasteiger partial charge in [0, 0.05) is 12.1 Å². The molecule has 1 saturated carbocycles. The second-order valence-corrected chi connectivity index (χ2v) is 7.62. The second-order valence-electron chi connectivity index (χ2n) is 6.67. The van der Waals surface area contributed by atoms with Crippen LogP contribution in [-0.2, 0) is 9.59 Å². The van der Waals surface area contributed by atoms with Gasteiger partial charge in [0.1, 0.15) is 5.82 Å². The molecule has 1 aliphatic rings. The number of nitrogens with zero attached hydrogens (tertiary/aromatic N) is 3. The minimum atomic E-state index is -0.350. The van der Waals surface area contributed by atoms with E-state index in [2.05, 4.69) is 20.8 Å². The molecule has 27 heavy (non-hydrogen) atoms. The number of halogens is 1. The summed E-state index contributed by atoms with van der Waals surface area (Å²) in [5.41, 5.74) is 0.401. The van der Waals surface area contributed by atoms with E-state index in [0.29, 0.717) is 16.5 Å². The summed E-state index contributed by atoms with van der Waals surface area (Å²) in [6.45, 7) is 3.65. The predicted molar refractivity (Wildman–Crippen MR) is 101 cm³/mol. The molecule has 0 unspecified atom stereocenters. The molecule has 2 amide bonds. The first-order valence-electron chi connectivity index (χ1n) is 8.84. The Hall–Kier alpha value is -2.42. The summed E-state index contributed by atoms with van der Waals surface area (Å²) in [6, 6.07) is 6.71. The fraction of sp³-hybridized carbons (Fsp3) is 0.444. The maximum atomic E-state index is 14.1. The lowest BCUT2D eigenvalue weighted by atomic mass is 10.2. The third kappa shape index (κ3) is 5.06. The Morgan fingerprint density at radius 3 is 2.67 bits per heavy atom. The zero-order valence-corrected chi connectivity index (χ0v) is 16.1. The first-order chi connectivity index (χ1) is 13.0. The summed E-state index contributed by atoms with van der Waals surface area (Å²) >= 11 is 1.23. The molecule has 1 aromatic heterocycles. The third-order valence-electron chi connectivity index (χ3n) is 3.92. The van der Waals surface area contributed by atoms with Gasteiger partial charge in [0.25, 0.3) is 0 Å². The zero-order chi connectivity index (χ0) is 19.4. The molecule has 0 spiro atoms. The normalized spacial score (nSPS) is 13.6. The van der Waals surface area contributed by atoms with Crippen molar-refractivity contribution in [2.75, 3.05) is 12.3 Å². The van der Waals surface area contributed by atoms with Crippen molar-refractivity contribution < 1.29 is 14.0 Å². The van der Waals surface area contributed by atoms with Crippen LogP contribution in [0.5, 0.6) is 0 Å². The van der Waals surface area contributed by atoms with Crippen molar-refractivity contribution in [2.24, 2.45) is 0 Å². The largest absolute Gasteiger partial charge is 0.352 e. The van der Waals surface area contributed by atoms with E-state index >= 15 is 0 Å². The maximum absolute atomic E-state index is 14.1. The minimum Gasteiger partial charge on any atom is -0.352 e. The molecule has 0 saturated heterocycles. The Bertz CT molecular complexity index is 835. The molecule has 144 valence electrons. The third-order valence-corrected chi connectivity index (χ3v) is 4.86. The quantitative estimate of drug-likeness (QED) is 0.673. The fourth-order valence-corrected chi connectivity index (χ4v) is 3.43. The first-order valence-corrected chi connectivity index (χ1v) is 9.83. The Morgan fingerprint density at radius 1 is 1.26 bits per heavy atom. The Labute approximate surface area is 161 Å². The molecule has 0 bridgehead atoms. The molecule has 0 aliphatic heterocycles. The molecule has 1 fully saturated rings. The molecule has 0 radical (unpaired) electrons. The van der Waals surface area contributed by atoms with E-state index in [1.54, 1.807) is 18.2 Å². The van der Waals surface area contributed by atoms with E-state index in [0.717, 1.165) is 12.8 Å². The highest BCUT2D eigenvalue weighted by Crippen LogP contribution is 2.41. The predicted octanol–water partition coefficient (Wildman–Crippen LogP) is 2.15. The van der Waals surface area contributed by atoms with Crippen molar-refractivity contribution in [1.29, 1.82) is 0 Å². The SMILES string of the molecule is CC(C)NC(=O)CNC(=O)CSc1nnc(-c2ccccc2F)n1C1CC1. The summed E-state index contributed by atoms with van der Waals surface area (Å²) in [6.07, 6.45) is 1.96. The van der Waals surface area contributed by atoms with Crippen molar-refractivity contribution in [2.45, 2.75) is 43.9 Å². The Kier molecular flexibility index (Phi) is 6.10. The topological polar surface area (TPSA) is 88.9 Å². The Balaban J connectivity index is 1.63. The zero-order valence-electron chi connectivity index (χ0n) is 15.2. The highest BCUT2D eigenvalue weighted by molar-refractivity contribution is 7.99. The number of amides is 2. The van der Waals surface area contributed by atoms with Crippen molar-refractivity contribution in [3.63, 3.8) is 0 Å². The van der Waals surface area contributed by atoms with Crippen LogP contribution in [0.2, 0.25) is 0 Å². The van der Waals surface area contributed by atoms with Crippen LogP contribution in [0, 0.1) is 5.82 Å². The molecular weight excluding hydrogens is 369 g/mol. The van der Waals surface area contributed by atoms with Gasteiger partial charge < -0.3 is 10.6 Å². The average molecular weight is 391 g/mol. The number of aromatic nitrogens is 3. The summed E-state index contributed by atoms with van der Waals surface area (Å²) in [5.74, 6) is -0.257. The summed E-state index contributed by atoms with van der Waals surface area (Å²) < 4.78 is 16.0. The van der Waals surface area contributed by atoms with Gasteiger partial charge in [-0.1, -0.05) is 23.9 Å². The van der Waals surface area contributed by atoms with E-state index in [4.69, 9.17) is 0 Å². The fourth-order valence-electron chi connectivity index (χ4n) is 2.60. The van der Waals surface area contributed by atoms with Gasteiger partial charge >= 0.3 is 0 Å². The highest BCUT2D eigenvalue weighted by Gasteiger charge is 2.31. The number of thioether (sulfide) groups is 1. The maximum Gasteiger partial charge on any atom is 0.239 e. The van der Waals surface area contributed by atoms with E-state index < -0.39 is 0 Å². The minimum absolute atomic E-state index is 0.0256. The standard InChI is InChI=1S/C18H22FN5O2S/c1-11(2)21-15(25)9-20-16(26)10-27-18-23-22-17(24(18)12-7-8-12)13-5-3-4-6-14(13)19/h3-6,11-12H,7-10H2,1-2H3,(H,20,26)(H,21,25).